The zero-order valence-electron chi connectivity index (χ0n) is 12.2. The molecular formula is C14H25N3O2. The molecule has 0 aliphatic carbocycles. The molecule has 2 saturated heterocycles. The Morgan fingerprint density at radius 2 is 1.89 bits per heavy atom. The average molecular weight is 267 g/mol. The van der Waals surface area contributed by atoms with Crippen molar-refractivity contribution in [3.8, 4) is 0 Å². The van der Waals surface area contributed by atoms with Gasteiger partial charge in [-0.25, -0.2) is 0 Å². The second kappa shape index (κ2) is 5.90. The Morgan fingerprint density at radius 3 is 2.37 bits per heavy atom. The van der Waals surface area contributed by atoms with E-state index in [1.54, 1.807) is 16.8 Å². The highest BCUT2D eigenvalue weighted by atomic mass is 16.2. The van der Waals surface area contributed by atoms with Crippen molar-refractivity contribution in [3.05, 3.63) is 0 Å². The van der Waals surface area contributed by atoms with Crippen LogP contribution in [0.25, 0.3) is 0 Å². The van der Waals surface area contributed by atoms with Crippen LogP contribution in [0.3, 0.4) is 0 Å². The van der Waals surface area contributed by atoms with E-state index < -0.39 is 0 Å². The number of carbonyl (C=O) groups excluding carboxylic acids is 2. The van der Waals surface area contributed by atoms with Crippen LogP contribution in [0.1, 0.15) is 33.1 Å². The van der Waals surface area contributed by atoms with Gasteiger partial charge >= 0.3 is 0 Å². The number of nitrogens with one attached hydrogen (secondary N) is 1. The van der Waals surface area contributed by atoms with Gasteiger partial charge in [0.1, 0.15) is 0 Å². The molecule has 0 aromatic rings. The average Bonchev–Trinajstić information content (AvgIpc) is 3.01. The molecule has 108 valence electrons. The number of hydrogen-bond acceptors (Lipinski definition) is 3. The van der Waals surface area contributed by atoms with Gasteiger partial charge in [-0.3, -0.25) is 9.59 Å². The third-order valence-corrected chi connectivity index (χ3v) is 4.48. The first kappa shape index (κ1) is 14.3. The van der Waals surface area contributed by atoms with Gasteiger partial charge in [-0.1, -0.05) is 0 Å². The summed E-state index contributed by atoms with van der Waals surface area (Å²) in [6.45, 7) is 5.53. The summed E-state index contributed by atoms with van der Waals surface area (Å²) in [7, 11) is 1.75. The second-order valence-electron chi connectivity index (χ2n) is 5.65. The number of likely N-dealkylation sites (N-methyl/N-ethyl adjacent to an activating group) is 2. The molecule has 2 bridgehead atoms. The molecule has 5 nitrogen and oxygen atoms in total. The van der Waals surface area contributed by atoms with Gasteiger partial charge in [0.25, 0.3) is 0 Å². The van der Waals surface area contributed by atoms with Crippen molar-refractivity contribution in [1.82, 2.24) is 15.1 Å². The minimum absolute atomic E-state index is 0.0389. The lowest BCUT2D eigenvalue weighted by molar-refractivity contribution is -0.141. The van der Waals surface area contributed by atoms with Crippen LogP contribution in [0, 0.1) is 5.92 Å². The van der Waals surface area contributed by atoms with E-state index in [9.17, 15) is 9.59 Å². The molecule has 0 spiro atoms. The standard InChI is InChI=1S/C14H25N3O2/c1-4-17(5-2)13(18)9-16(3)14(19)11-8-10-6-7-12(11)15-10/h10-12,15H,4-9H2,1-3H3. The fourth-order valence-electron chi connectivity index (χ4n) is 3.34. The smallest absolute Gasteiger partial charge is 0.242 e. The van der Waals surface area contributed by atoms with Crippen LogP contribution in [0.5, 0.6) is 0 Å². The van der Waals surface area contributed by atoms with Crippen molar-refractivity contribution in [2.75, 3.05) is 26.7 Å². The first-order valence-corrected chi connectivity index (χ1v) is 7.35. The van der Waals surface area contributed by atoms with Crippen molar-refractivity contribution >= 4 is 11.8 Å². The van der Waals surface area contributed by atoms with Crippen molar-refractivity contribution in [1.29, 1.82) is 0 Å². The highest BCUT2D eigenvalue weighted by Gasteiger charge is 2.43. The van der Waals surface area contributed by atoms with E-state index in [-0.39, 0.29) is 24.3 Å². The molecule has 0 aromatic heterocycles. The van der Waals surface area contributed by atoms with E-state index in [4.69, 9.17) is 0 Å². The molecule has 3 atom stereocenters. The summed E-state index contributed by atoms with van der Waals surface area (Å²) in [6, 6.07) is 0.856. The Kier molecular flexibility index (Phi) is 4.45. The summed E-state index contributed by atoms with van der Waals surface area (Å²) in [4.78, 5) is 27.8. The molecule has 19 heavy (non-hydrogen) atoms. The molecule has 0 aromatic carbocycles. The van der Waals surface area contributed by atoms with E-state index >= 15 is 0 Å². The Bertz CT molecular complexity index is 355. The molecule has 2 aliphatic heterocycles. The maximum atomic E-state index is 12.4. The first-order chi connectivity index (χ1) is 9.06. The molecule has 2 fully saturated rings. The van der Waals surface area contributed by atoms with E-state index in [1.165, 1.54) is 6.42 Å². The summed E-state index contributed by atoms with van der Waals surface area (Å²) in [5, 5.41) is 3.47. The van der Waals surface area contributed by atoms with Crippen LogP contribution in [0.2, 0.25) is 0 Å². The first-order valence-electron chi connectivity index (χ1n) is 7.35. The molecule has 0 saturated carbocycles. The SMILES string of the molecule is CCN(CC)C(=O)CN(C)C(=O)C1CC2CCC1N2. The third-order valence-electron chi connectivity index (χ3n) is 4.48. The van der Waals surface area contributed by atoms with Gasteiger partial charge in [0, 0.05) is 32.2 Å². The van der Waals surface area contributed by atoms with Gasteiger partial charge in [-0.2, -0.15) is 0 Å². The van der Waals surface area contributed by atoms with Crippen LogP contribution in [0.4, 0.5) is 0 Å². The fraction of sp³-hybridized carbons (Fsp3) is 0.857. The summed E-state index contributed by atoms with van der Waals surface area (Å²) in [5.41, 5.74) is 0. The van der Waals surface area contributed by atoms with Crippen molar-refractivity contribution in [2.24, 2.45) is 5.92 Å². The number of carbonyl (C=O) groups is 2. The maximum absolute atomic E-state index is 12.4. The van der Waals surface area contributed by atoms with Crippen LogP contribution in [-0.2, 0) is 9.59 Å². The van der Waals surface area contributed by atoms with E-state index in [0.717, 1.165) is 12.8 Å². The van der Waals surface area contributed by atoms with Gasteiger partial charge in [-0.05, 0) is 33.1 Å². The number of fused-ring (bicyclic) bond motifs is 2. The molecule has 3 unspecified atom stereocenters. The van der Waals surface area contributed by atoms with Crippen molar-refractivity contribution in [3.63, 3.8) is 0 Å². The number of hydrogen-bond donors (Lipinski definition) is 1. The lowest BCUT2D eigenvalue weighted by atomic mass is 9.88. The minimum Gasteiger partial charge on any atom is -0.342 e. The van der Waals surface area contributed by atoms with Crippen molar-refractivity contribution in [2.45, 2.75) is 45.2 Å². The predicted octanol–water partition coefficient (Wildman–Crippen LogP) is 0.454. The molecule has 2 amide bonds. The highest BCUT2D eigenvalue weighted by molar-refractivity contribution is 5.86. The molecule has 1 N–H and O–H groups in total. The zero-order chi connectivity index (χ0) is 14.0. The minimum atomic E-state index is 0.0389. The Hall–Kier alpha value is -1.10. The predicted molar refractivity (Wildman–Crippen MR) is 73.6 cm³/mol. The fourth-order valence-corrected chi connectivity index (χ4v) is 3.34. The maximum Gasteiger partial charge on any atom is 0.242 e. The molecule has 2 rings (SSSR count). The van der Waals surface area contributed by atoms with Crippen LogP contribution in [-0.4, -0.2) is 60.4 Å². The third kappa shape index (κ3) is 2.91. The van der Waals surface area contributed by atoms with E-state index in [0.29, 0.717) is 25.2 Å². The summed E-state index contributed by atoms with van der Waals surface area (Å²) in [5.74, 6) is 0.241. The normalized spacial score (nSPS) is 28.5. The lowest BCUT2D eigenvalue weighted by Gasteiger charge is -2.27. The van der Waals surface area contributed by atoms with E-state index in [2.05, 4.69) is 5.32 Å². The van der Waals surface area contributed by atoms with Gasteiger partial charge < -0.3 is 15.1 Å². The largest absolute Gasteiger partial charge is 0.342 e. The highest BCUT2D eigenvalue weighted by Crippen LogP contribution is 2.34. The van der Waals surface area contributed by atoms with Gasteiger partial charge in [0.15, 0.2) is 0 Å². The zero-order valence-corrected chi connectivity index (χ0v) is 12.2. The molecular weight excluding hydrogens is 242 g/mol. The van der Waals surface area contributed by atoms with E-state index in [1.807, 2.05) is 13.8 Å². The number of nitrogens with zero attached hydrogens (tertiary/aromatic N) is 2. The second-order valence-corrected chi connectivity index (χ2v) is 5.65. The van der Waals surface area contributed by atoms with Crippen LogP contribution in [0.15, 0.2) is 0 Å². The van der Waals surface area contributed by atoms with Crippen molar-refractivity contribution < 1.29 is 9.59 Å². The monoisotopic (exact) mass is 267 g/mol. The molecule has 2 aliphatic rings. The quantitative estimate of drug-likeness (QED) is 0.787. The van der Waals surface area contributed by atoms with Gasteiger partial charge in [-0.15, -0.1) is 0 Å². The summed E-state index contributed by atoms with van der Waals surface area (Å²) < 4.78 is 0. The molecule has 5 heteroatoms. The van der Waals surface area contributed by atoms with Gasteiger partial charge in [0.05, 0.1) is 12.5 Å². The van der Waals surface area contributed by atoms with Crippen LogP contribution >= 0.6 is 0 Å². The van der Waals surface area contributed by atoms with Crippen LogP contribution < -0.4 is 5.32 Å². The Balaban J connectivity index is 1.87. The Morgan fingerprint density at radius 1 is 1.21 bits per heavy atom. The lowest BCUT2D eigenvalue weighted by Crippen LogP contribution is -2.45. The molecule has 2 heterocycles. The number of amides is 2. The molecule has 0 radical (unpaired) electrons. The van der Waals surface area contributed by atoms with Gasteiger partial charge in [0.2, 0.25) is 11.8 Å². The topological polar surface area (TPSA) is 52.7 Å². The Labute approximate surface area is 115 Å². The summed E-state index contributed by atoms with van der Waals surface area (Å²) in [6.07, 6.45) is 3.22. The summed E-state index contributed by atoms with van der Waals surface area (Å²) >= 11 is 0. The number of rotatable bonds is 5.